The highest BCUT2D eigenvalue weighted by atomic mass is 35.5. The van der Waals surface area contributed by atoms with E-state index >= 15 is 0 Å². The predicted octanol–water partition coefficient (Wildman–Crippen LogP) is 1.21. The van der Waals surface area contributed by atoms with E-state index in [0.717, 1.165) is 31.0 Å². The number of carbonyl (C=O) groups excluding carboxylic acids is 1. The highest BCUT2D eigenvalue weighted by Gasteiger charge is 2.13. The predicted molar refractivity (Wildman–Crippen MR) is 67.0 cm³/mol. The summed E-state index contributed by atoms with van der Waals surface area (Å²) in [5, 5.41) is 2.84. The summed E-state index contributed by atoms with van der Waals surface area (Å²) in [7, 11) is 0. The molecule has 5 nitrogen and oxygen atoms in total. The molecule has 1 unspecified atom stereocenters. The molecule has 1 amide bonds. The van der Waals surface area contributed by atoms with E-state index in [9.17, 15) is 4.79 Å². The molecule has 1 aromatic heterocycles. The minimum Gasteiger partial charge on any atom is -0.347 e. The van der Waals surface area contributed by atoms with E-state index in [1.165, 1.54) is 6.20 Å². The number of nitrogens with two attached hydrogens (primary N) is 1. The van der Waals surface area contributed by atoms with E-state index in [4.69, 9.17) is 5.73 Å². The quantitative estimate of drug-likeness (QED) is 0.809. The number of carbonyl (C=O) groups is 1. The van der Waals surface area contributed by atoms with Gasteiger partial charge in [-0.3, -0.25) is 4.79 Å². The van der Waals surface area contributed by atoms with Crippen molar-refractivity contribution in [3.63, 3.8) is 0 Å². The highest BCUT2D eigenvalue weighted by molar-refractivity contribution is 6.99. The van der Waals surface area contributed by atoms with E-state index in [1.54, 1.807) is 0 Å². The smallest absolute Gasteiger partial charge is 0.272 e. The van der Waals surface area contributed by atoms with Gasteiger partial charge in [-0.05, 0) is 6.42 Å². The fourth-order valence-electron chi connectivity index (χ4n) is 1.22. The molecule has 92 valence electrons. The molecular weight excluding hydrogens is 248 g/mol. The molecule has 0 aliphatic rings. The van der Waals surface area contributed by atoms with E-state index in [-0.39, 0.29) is 24.4 Å². The normalized spacial score (nSPS) is 11.6. The number of amides is 1. The lowest BCUT2D eigenvalue weighted by atomic mass is 10.1. The molecule has 0 bridgehead atoms. The van der Waals surface area contributed by atoms with Crippen molar-refractivity contribution in [2.75, 3.05) is 6.54 Å². The third kappa shape index (κ3) is 4.87. The van der Waals surface area contributed by atoms with Gasteiger partial charge in [-0.1, -0.05) is 19.8 Å². The van der Waals surface area contributed by atoms with E-state index in [1.807, 2.05) is 0 Å². The van der Waals surface area contributed by atoms with Gasteiger partial charge < -0.3 is 11.1 Å². The number of nitrogens with zero attached hydrogens (tertiary/aromatic N) is 2. The zero-order valence-corrected chi connectivity index (χ0v) is 10.8. The van der Waals surface area contributed by atoms with Gasteiger partial charge >= 0.3 is 0 Å². The van der Waals surface area contributed by atoms with Gasteiger partial charge in [0.05, 0.1) is 17.9 Å². The summed E-state index contributed by atoms with van der Waals surface area (Å²) < 4.78 is 7.64. The maximum Gasteiger partial charge on any atom is 0.272 e. The number of hydrogen-bond acceptors (Lipinski definition) is 5. The first kappa shape index (κ1) is 15.3. The first-order valence-corrected chi connectivity index (χ1v) is 5.79. The van der Waals surface area contributed by atoms with Crippen LogP contribution < -0.4 is 11.1 Å². The second-order valence-electron chi connectivity index (χ2n) is 3.34. The number of aromatic nitrogens is 2. The zero-order chi connectivity index (χ0) is 11.1. The van der Waals surface area contributed by atoms with Crippen molar-refractivity contribution in [1.29, 1.82) is 0 Å². The van der Waals surface area contributed by atoms with E-state index in [0.29, 0.717) is 12.2 Å². The molecule has 0 radical (unpaired) electrons. The van der Waals surface area contributed by atoms with Gasteiger partial charge in [-0.25, -0.2) is 0 Å². The molecule has 3 N–H and O–H groups in total. The number of rotatable bonds is 6. The molecule has 1 atom stereocenters. The van der Waals surface area contributed by atoms with Gasteiger partial charge in [0.1, 0.15) is 0 Å². The molecule has 7 heteroatoms. The number of unbranched alkanes of at least 4 members (excludes halogenated alkanes) is 1. The molecule has 0 saturated carbocycles. The summed E-state index contributed by atoms with van der Waals surface area (Å²) in [6, 6.07) is 0.0409. The lowest BCUT2D eigenvalue weighted by Gasteiger charge is -2.15. The Bertz CT molecular complexity index is 294. The molecule has 0 spiro atoms. The van der Waals surface area contributed by atoms with Gasteiger partial charge in [0.2, 0.25) is 0 Å². The lowest BCUT2D eigenvalue weighted by Crippen LogP contribution is -2.40. The Morgan fingerprint density at radius 3 is 2.94 bits per heavy atom. The average Bonchev–Trinajstić information content (AvgIpc) is 2.77. The third-order valence-corrected chi connectivity index (χ3v) is 2.60. The van der Waals surface area contributed by atoms with Crippen LogP contribution in [-0.2, 0) is 0 Å². The fraction of sp³-hybridized carbons (Fsp3) is 0.667. The third-order valence-electron chi connectivity index (χ3n) is 2.12. The second-order valence-corrected chi connectivity index (χ2v) is 3.90. The van der Waals surface area contributed by atoms with Crippen molar-refractivity contribution in [2.24, 2.45) is 5.73 Å². The Morgan fingerprint density at radius 2 is 2.44 bits per heavy atom. The summed E-state index contributed by atoms with van der Waals surface area (Å²) >= 11 is 1.03. The molecular formula is C9H17ClN4OS. The van der Waals surface area contributed by atoms with Gasteiger partial charge in [-0.15, -0.1) is 12.4 Å². The van der Waals surface area contributed by atoms with Crippen molar-refractivity contribution in [1.82, 2.24) is 14.1 Å². The monoisotopic (exact) mass is 264 g/mol. The van der Waals surface area contributed by atoms with Crippen LogP contribution in [0.2, 0.25) is 0 Å². The molecule has 1 heterocycles. The van der Waals surface area contributed by atoms with Crippen LogP contribution in [0.25, 0.3) is 0 Å². The number of hydrogen-bond donors (Lipinski definition) is 2. The fourth-order valence-corrected chi connectivity index (χ4v) is 1.64. The molecule has 0 aromatic carbocycles. The lowest BCUT2D eigenvalue weighted by molar-refractivity contribution is 0.0931. The van der Waals surface area contributed by atoms with Crippen LogP contribution >= 0.6 is 24.1 Å². The Balaban J connectivity index is 0.00000225. The van der Waals surface area contributed by atoms with Gasteiger partial charge in [0.15, 0.2) is 5.69 Å². The minimum absolute atomic E-state index is 0. The Labute approximate surface area is 106 Å². The van der Waals surface area contributed by atoms with Crippen molar-refractivity contribution in [3.05, 3.63) is 11.9 Å². The maximum atomic E-state index is 11.6. The summed E-state index contributed by atoms with van der Waals surface area (Å²) in [6.07, 6.45) is 4.55. The van der Waals surface area contributed by atoms with Crippen LogP contribution in [0.15, 0.2) is 6.20 Å². The standard InChI is InChI=1S/C9H16N4OS.ClH/c1-2-3-4-7(5-10)12-9(14)8-6-11-15-13-8;/h6-7H,2-5,10H2,1H3,(H,12,14);1H. The Hall–Kier alpha value is -0.720. The average molecular weight is 265 g/mol. The molecule has 0 aliphatic carbocycles. The molecule has 0 aliphatic heterocycles. The number of nitrogens with one attached hydrogen (secondary N) is 1. The molecule has 16 heavy (non-hydrogen) atoms. The van der Waals surface area contributed by atoms with Crippen molar-refractivity contribution >= 4 is 30.0 Å². The van der Waals surface area contributed by atoms with Crippen LogP contribution in [0, 0.1) is 0 Å². The van der Waals surface area contributed by atoms with E-state index < -0.39 is 0 Å². The summed E-state index contributed by atoms with van der Waals surface area (Å²) in [5.74, 6) is -0.185. The summed E-state index contributed by atoms with van der Waals surface area (Å²) in [4.78, 5) is 11.6. The SMILES string of the molecule is CCCCC(CN)NC(=O)c1cnsn1.Cl. The van der Waals surface area contributed by atoms with Crippen LogP contribution in [0.4, 0.5) is 0 Å². The Morgan fingerprint density at radius 1 is 1.69 bits per heavy atom. The first-order chi connectivity index (χ1) is 7.27. The topological polar surface area (TPSA) is 80.9 Å². The molecule has 0 fully saturated rings. The van der Waals surface area contributed by atoms with Crippen molar-refractivity contribution < 1.29 is 4.79 Å². The van der Waals surface area contributed by atoms with Gasteiger partial charge in [0.25, 0.3) is 5.91 Å². The summed E-state index contributed by atoms with van der Waals surface area (Å²) in [6.45, 7) is 2.57. The van der Waals surface area contributed by atoms with Crippen LogP contribution in [-0.4, -0.2) is 27.2 Å². The van der Waals surface area contributed by atoms with Crippen LogP contribution in [0.3, 0.4) is 0 Å². The van der Waals surface area contributed by atoms with E-state index in [2.05, 4.69) is 21.0 Å². The summed E-state index contributed by atoms with van der Waals surface area (Å²) in [5.41, 5.74) is 5.94. The zero-order valence-electron chi connectivity index (χ0n) is 9.18. The van der Waals surface area contributed by atoms with Crippen molar-refractivity contribution in [2.45, 2.75) is 32.2 Å². The highest BCUT2D eigenvalue weighted by Crippen LogP contribution is 2.01. The van der Waals surface area contributed by atoms with Crippen molar-refractivity contribution in [3.8, 4) is 0 Å². The maximum absolute atomic E-state index is 11.6. The largest absolute Gasteiger partial charge is 0.347 e. The van der Waals surface area contributed by atoms with Crippen LogP contribution in [0.5, 0.6) is 0 Å². The van der Waals surface area contributed by atoms with Crippen LogP contribution in [0.1, 0.15) is 36.7 Å². The number of halogens is 1. The molecule has 1 rings (SSSR count). The first-order valence-electron chi connectivity index (χ1n) is 5.06. The molecule has 1 aromatic rings. The minimum atomic E-state index is -0.185. The van der Waals surface area contributed by atoms with Gasteiger partial charge in [-0.2, -0.15) is 8.75 Å². The molecule has 0 saturated heterocycles. The van der Waals surface area contributed by atoms with Gasteiger partial charge in [0, 0.05) is 12.6 Å². The second kappa shape index (κ2) is 8.43. The Kier molecular flexibility index (Phi) is 8.05.